The number of aliphatic hydroxyl groups is 1. The quantitative estimate of drug-likeness (QED) is 0.708. The second-order valence-corrected chi connectivity index (χ2v) is 5.01. The van der Waals surface area contributed by atoms with Crippen LogP contribution in [0.4, 0.5) is 4.39 Å². The first-order valence-electron chi connectivity index (χ1n) is 6.92. The van der Waals surface area contributed by atoms with E-state index in [1.165, 1.54) is 6.07 Å². The molecule has 0 radical (unpaired) electrons. The van der Waals surface area contributed by atoms with Crippen LogP contribution in [0.1, 0.15) is 24.8 Å². The molecule has 1 amide bonds. The van der Waals surface area contributed by atoms with Gasteiger partial charge in [0.05, 0.1) is 18.6 Å². The lowest BCUT2D eigenvalue weighted by Gasteiger charge is -2.16. The van der Waals surface area contributed by atoms with Crippen molar-refractivity contribution < 1.29 is 19.0 Å². The summed E-state index contributed by atoms with van der Waals surface area (Å²) in [6.45, 7) is 1.31. The molecule has 2 rings (SSSR count). The van der Waals surface area contributed by atoms with E-state index in [4.69, 9.17) is 9.84 Å². The molecule has 1 fully saturated rings. The summed E-state index contributed by atoms with van der Waals surface area (Å²) in [5, 5.41) is 11.4. The smallest absolute Gasteiger partial charge is 0.230 e. The van der Waals surface area contributed by atoms with Gasteiger partial charge in [-0.1, -0.05) is 18.2 Å². The largest absolute Gasteiger partial charge is 0.394 e. The fraction of sp³-hybridized carbons (Fsp3) is 0.533. The molecule has 0 aromatic heterocycles. The molecule has 1 aliphatic rings. The van der Waals surface area contributed by atoms with Crippen LogP contribution in [0.2, 0.25) is 0 Å². The maximum absolute atomic E-state index is 13.8. The third-order valence-electron chi connectivity index (χ3n) is 3.56. The summed E-state index contributed by atoms with van der Waals surface area (Å²) in [5.41, 5.74) is -0.175. The molecule has 5 heteroatoms. The van der Waals surface area contributed by atoms with Crippen molar-refractivity contribution >= 4 is 5.91 Å². The van der Waals surface area contributed by atoms with E-state index in [0.717, 1.165) is 0 Å². The molecule has 4 nitrogen and oxygen atoms in total. The zero-order valence-corrected chi connectivity index (χ0v) is 11.4. The molecular weight excluding hydrogens is 261 g/mol. The average molecular weight is 281 g/mol. The number of hydrogen-bond donors (Lipinski definition) is 2. The maximum Gasteiger partial charge on any atom is 0.230 e. The maximum atomic E-state index is 13.8. The van der Waals surface area contributed by atoms with Crippen molar-refractivity contribution in [2.24, 2.45) is 0 Å². The molecule has 0 bridgehead atoms. The predicted molar refractivity (Wildman–Crippen MR) is 72.8 cm³/mol. The lowest BCUT2D eigenvalue weighted by molar-refractivity contribution is -0.123. The number of carbonyl (C=O) groups is 1. The van der Waals surface area contributed by atoms with E-state index in [2.05, 4.69) is 5.32 Å². The fourth-order valence-corrected chi connectivity index (χ4v) is 2.30. The van der Waals surface area contributed by atoms with E-state index in [-0.39, 0.29) is 18.3 Å². The van der Waals surface area contributed by atoms with Crippen LogP contribution in [0.25, 0.3) is 0 Å². The summed E-state index contributed by atoms with van der Waals surface area (Å²) in [6.07, 6.45) is 2.07. The molecule has 110 valence electrons. The Balaban J connectivity index is 1.82. The summed E-state index contributed by atoms with van der Waals surface area (Å²) >= 11 is 0. The Morgan fingerprint density at radius 2 is 2.10 bits per heavy atom. The molecule has 0 heterocycles. The second-order valence-electron chi connectivity index (χ2n) is 5.01. The normalized spacial score (nSPS) is 15.9. The number of rotatable bonds is 8. The van der Waals surface area contributed by atoms with Crippen LogP contribution in [-0.4, -0.2) is 37.4 Å². The van der Waals surface area contributed by atoms with Gasteiger partial charge in [0.15, 0.2) is 0 Å². The van der Waals surface area contributed by atoms with Gasteiger partial charge in [-0.3, -0.25) is 4.79 Å². The number of nitrogens with one attached hydrogen (secondary N) is 1. The zero-order chi connectivity index (χ0) is 14.4. The Bertz CT molecular complexity index is 460. The molecule has 0 unspecified atom stereocenters. The highest BCUT2D eigenvalue weighted by Gasteiger charge is 2.52. The topological polar surface area (TPSA) is 58.6 Å². The van der Waals surface area contributed by atoms with Crippen molar-refractivity contribution in [3.63, 3.8) is 0 Å². The summed E-state index contributed by atoms with van der Waals surface area (Å²) in [4.78, 5) is 12.2. The Labute approximate surface area is 117 Å². The van der Waals surface area contributed by atoms with Gasteiger partial charge in [-0.05, 0) is 25.3 Å². The van der Waals surface area contributed by atoms with Gasteiger partial charge in [-0.25, -0.2) is 4.39 Å². The molecule has 1 aliphatic carbocycles. The van der Waals surface area contributed by atoms with Gasteiger partial charge in [0.2, 0.25) is 5.91 Å². The van der Waals surface area contributed by atoms with Gasteiger partial charge in [0.25, 0.3) is 0 Å². The highest BCUT2D eigenvalue weighted by atomic mass is 19.1. The van der Waals surface area contributed by atoms with Crippen LogP contribution in [0.5, 0.6) is 0 Å². The molecule has 2 N–H and O–H groups in total. The number of carbonyl (C=O) groups excluding carboxylic acids is 1. The average Bonchev–Trinajstić information content (AvgIpc) is 3.24. The standard InChI is InChI=1S/C15H20FNO3/c16-13-5-2-1-4-12(13)15(6-7-15)14(19)17-8-3-10-20-11-9-18/h1-2,4-5,18H,3,6-11H2,(H,17,19). The third kappa shape index (κ3) is 3.35. The Hall–Kier alpha value is -1.46. The first kappa shape index (κ1) is 14.9. The van der Waals surface area contributed by atoms with Gasteiger partial charge in [0.1, 0.15) is 5.82 Å². The molecule has 1 saturated carbocycles. The van der Waals surface area contributed by atoms with E-state index in [9.17, 15) is 9.18 Å². The second kappa shape index (κ2) is 6.81. The summed E-state index contributed by atoms with van der Waals surface area (Å²) in [6, 6.07) is 6.47. The molecule has 0 aliphatic heterocycles. The number of aliphatic hydroxyl groups excluding tert-OH is 1. The van der Waals surface area contributed by atoms with Gasteiger partial charge < -0.3 is 15.2 Å². The van der Waals surface area contributed by atoms with Crippen molar-refractivity contribution in [2.75, 3.05) is 26.4 Å². The molecule has 0 saturated heterocycles. The van der Waals surface area contributed by atoms with E-state index in [0.29, 0.717) is 44.6 Å². The highest BCUT2D eigenvalue weighted by molar-refractivity contribution is 5.91. The Morgan fingerprint density at radius 3 is 2.75 bits per heavy atom. The van der Waals surface area contributed by atoms with Gasteiger partial charge in [-0.15, -0.1) is 0 Å². The minimum absolute atomic E-state index is 0.00273. The minimum atomic E-state index is -0.669. The Kier molecular flexibility index (Phi) is 5.09. The molecular formula is C15H20FNO3. The van der Waals surface area contributed by atoms with Crippen LogP contribution in [-0.2, 0) is 14.9 Å². The third-order valence-corrected chi connectivity index (χ3v) is 3.56. The molecule has 1 aromatic carbocycles. The molecule has 0 spiro atoms. The van der Waals surface area contributed by atoms with Crippen molar-refractivity contribution in [2.45, 2.75) is 24.7 Å². The van der Waals surface area contributed by atoms with Gasteiger partial charge in [-0.2, -0.15) is 0 Å². The molecule has 20 heavy (non-hydrogen) atoms. The summed E-state index contributed by atoms with van der Waals surface area (Å²) < 4.78 is 18.9. The summed E-state index contributed by atoms with van der Waals surface area (Å²) in [5.74, 6) is -0.420. The van der Waals surface area contributed by atoms with Gasteiger partial charge in [0, 0.05) is 18.7 Å². The fourth-order valence-electron chi connectivity index (χ4n) is 2.30. The van der Waals surface area contributed by atoms with Crippen LogP contribution in [0.15, 0.2) is 24.3 Å². The van der Waals surface area contributed by atoms with Crippen molar-refractivity contribution in [1.29, 1.82) is 0 Å². The van der Waals surface area contributed by atoms with Crippen LogP contribution < -0.4 is 5.32 Å². The van der Waals surface area contributed by atoms with E-state index in [1.807, 2.05) is 0 Å². The van der Waals surface area contributed by atoms with E-state index < -0.39 is 5.41 Å². The number of ether oxygens (including phenoxy) is 1. The van der Waals surface area contributed by atoms with Crippen LogP contribution in [0.3, 0.4) is 0 Å². The highest BCUT2D eigenvalue weighted by Crippen LogP contribution is 2.49. The summed E-state index contributed by atoms with van der Waals surface area (Å²) in [7, 11) is 0. The van der Waals surface area contributed by atoms with Crippen molar-refractivity contribution in [3.05, 3.63) is 35.6 Å². The van der Waals surface area contributed by atoms with Crippen molar-refractivity contribution in [3.8, 4) is 0 Å². The SMILES string of the molecule is O=C(NCCCOCCO)C1(c2ccccc2F)CC1. The van der Waals surface area contributed by atoms with E-state index >= 15 is 0 Å². The molecule has 1 aromatic rings. The molecule has 0 atom stereocenters. The lowest BCUT2D eigenvalue weighted by atomic mass is 9.94. The monoisotopic (exact) mass is 281 g/mol. The van der Waals surface area contributed by atoms with E-state index in [1.54, 1.807) is 18.2 Å². The first-order chi connectivity index (χ1) is 9.70. The van der Waals surface area contributed by atoms with Gasteiger partial charge >= 0.3 is 0 Å². The minimum Gasteiger partial charge on any atom is -0.394 e. The Morgan fingerprint density at radius 1 is 1.35 bits per heavy atom. The lowest BCUT2D eigenvalue weighted by Crippen LogP contribution is -2.36. The zero-order valence-electron chi connectivity index (χ0n) is 11.4. The predicted octanol–water partition coefficient (Wildman–Crippen LogP) is 1.37. The van der Waals surface area contributed by atoms with Crippen LogP contribution in [0, 0.1) is 5.82 Å². The number of amides is 1. The first-order valence-corrected chi connectivity index (χ1v) is 6.92. The number of halogens is 1. The van der Waals surface area contributed by atoms with Crippen LogP contribution >= 0.6 is 0 Å². The van der Waals surface area contributed by atoms with Crippen molar-refractivity contribution in [1.82, 2.24) is 5.32 Å². The number of hydrogen-bond acceptors (Lipinski definition) is 3. The number of benzene rings is 1.